The van der Waals surface area contributed by atoms with E-state index in [0.29, 0.717) is 25.7 Å². The molecule has 0 unspecified atom stereocenters. The lowest BCUT2D eigenvalue weighted by atomic mass is 10.0. The van der Waals surface area contributed by atoms with Gasteiger partial charge in [-0.25, -0.2) is 13.2 Å². The van der Waals surface area contributed by atoms with Crippen molar-refractivity contribution in [2.24, 2.45) is 11.8 Å². The SMILES string of the molecule is CC(C)C(=O)N1C[C@@H]2CCN(C(=O)C[C@H]([NH])Cc3cc(F)c(F)cc3F)[C@@H]2C1. The van der Waals surface area contributed by atoms with E-state index in [1.54, 1.807) is 9.80 Å². The average molecular weight is 396 g/mol. The monoisotopic (exact) mass is 396 g/mol. The zero-order chi connectivity index (χ0) is 20.6. The van der Waals surface area contributed by atoms with Crippen LogP contribution in [0.25, 0.3) is 0 Å². The van der Waals surface area contributed by atoms with E-state index in [2.05, 4.69) is 0 Å². The Labute approximate surface area is 162 Å². The largest absolute Gasteiger partial charge is 0.340 e. The Morgan fingerprint density at radius 1 is 1.14 bits per heavy atom. The Kier molecular flexibility index (Phi) is 5.98. The molecule has 1 N–H and O–H groups in total. The number of fused-ring (bicyclic) bond motifs is 1. The number of rotatable bonds is 5. The molecule has 2 heterocycles. The molecule has 1 aromatic rings. The molecule has 0 aliphatic carbocycles. The number of carbonyl (C=O) groups is 2. The maximum atomic E-state index is 13.8. The van der Waals surface area contributed by atoms with Crippen LogP contribution in [0.4, 0.5) is 13.2 Å². The molecule has 8 heteroatoms. The van der Waals surface area contributed by atoms with Gasteiger partial charge >= 0.3 is 0 Å². The van der Waals surface area contributed by atoms with Crippen molar-refractivity contribution in [1.82, 2.24) is 15.5 Å². The predicted molar refractivity (Wildman–Crippen MR) is 96.5 cm³/mol. The van der Waals surface area contributed by atoms with Crippen LogP contribution in [0.2, 0.25) is 0 Å². The summed E-state index contributed by atoms with van der Waals surface area (Å²) in [6, 6.07) is 0.209. The minimum absolute atomic E-state index is 0.0394. The maximum Gasteiger partial charge on any atom is 0.225 e. The summed E-state index contributed by atoms with van der Waals surface area (Å²) in [7, 11) is 0. The Hall–Kier alpha value is -2.09. The Balaban J connectivity index is 1.59. The molecule has 3 atom stereocenters. The lowest BCUT2D eigenvalue weighted by molar-refractivity contribution is -0.136. The molecule has 1 aromatic carbocycles. The molecule has 0 spiro atoms. The van der Waals surface area contributed by atoms with E-state index in [9.17, 15) is 22.8 Å². The van der Waals surface area contributed by atoms with Crippen molar-refractivity contribution >= 4 is 11.8 Å². The fourth-order valence-electron chi connectivity index (χ4n) is 4.20. The Morgan fingerprint density at radius 2 is 1.82 bits per heavy atom. The summed E-state index contributed by atoms with van der Waals surface area (Å²) in [6.45, 7) is 5.44. The number of benzene rings is 1. The van der Waals surface area contributed by atoms with Crippen molar-refractivity contribution in [2.45, 2.75) is 45.2 Å². The van der Waals surface area contributed by atoms with Gasteiger partial charge in [0.05, 0.1) is 6.04 Å². The predicted octanol–water partition coefficient (Wildman–Crippen LogP) is 2.40. The molecule has 5 nitrogen and oxygen atoms in total. The van der Waals surface area contributed by atoms with Crippen molar-refractivity contribution in [3.05, 3.63) is 35.1 Å². The van der Waals surface area contributed by atoms with Crippen molar-refractivity contribution in [1.29, 1.82) is 0 Å². The molecule has 2 saturated heterocycles. The smallest absolute Gasteiger partial charge is 0.225 e. The summed E-state index contributed by atoms with van der Waals surface area (Å²) >= 11 is 0. The van der Waals surface area contributed by atoms with Gasteiger partial charge in [0.1, 0.15) is 5.82 Å². The lowest BCUT2D eigenvalue weighted by Gasteiger charge is -2.26. The summed E-state index contributed by atoms with van der Waals surface area (Å²) in [4.78, 5) is 28.4. The second-order valence-corrected chi connectivity index (χ2v) is 8.06. The third-order valence-electron chi connectivity index (χ3n) is 5.65. The van der Waals surface area contributed by atoms with Gasteiger partial charge in [0.25, 0.3) is 0 Å². The highest BCUT2D eigenvalue weighted by Gasteiger charge is 2.44. The zero-order valence-corrected chi connectivity index (χ0v) is 16.1. The number of halogens is 3. The fraction of sp³-hybridized carbons (Fsp3) is 0.600. The van der Waals surface area contributed by atoms with Gasteiger partial charge in [-0.05, 0) is 24.5 Å². The summed E-state index contributed by atoms with van der Waals surface area (Å²) in [5.74, 6) is -3.33. The topological polar surface area (TPSA) is 64.4 Å². The number of amides is 2. The van der Waals surface area contributed by atoms with Gasteiger partial charge < -0.3 is 9.80 Å². The van der Waals surface area contributed by atoms with Crippen LogP contribution in [-0.4, -0.2) is 53.3 Å². The van der Waals surface area contributed by atoms with Crippen LogP contribution in [-0.2, 0) is 16.0 Å². The van der Waals surface area contributed by atoms with Gasteiger partial charge in [0.2, 0.25) is 11.8 Å². The first-order valence-corrected chi connectivity index (χ1v) is 9.60. The van der Waals surface area contributed by atoms with E-state index in [4.69, 9.17) is 5.73 Å². The molecule has 153 valence electrons. The van der Waals surface area contributed by atoms with Crippen molar-refractivity contribution < 1.29 is 22.8 Å². The van der Waals surface area contributed by atoms with Gasteiger partial charge in [-0.3, -0.25) is 15.3 Å². The first-order valence-electron chi connectivity index (χ1n) is 9.60. The Morgan fingerprint density at radius 3 is 2.50 bits per heavy atom. The first-order chi connectivity index (χ1) is 13.2. The Bertz CT molecular complexity index is 771. The molecule has 0 saturated carbocycles. The van der Waals surface area contributed by atoms with Crippen LogP contribution in [0.5, 0.6) is 0 Å². The highest BCUT2D eigenvalue weighted by Crippen LogP contribution is 2.32. The fourth-order valence-corrected chi connectivity index (χ4v) is 4.20. The number of nitrogens with one attached hydrogen (secondary N) is 1. The van der Waals surface area contributed by atoms with E-state index in [1.807, 2.05) is 13.8 Å². The normalized spacial score (nSPS) is 22.7. The van der Waals surface area contributed by atoms with Crippen LogP contribution in [0, 0.1) is 29.3 Å². The van der Waals surface area contributed by atoms with Crippen molar-refractivity contribution in [2.75, 3.05) is 19.6 Å². The summed E-state index contributed by atoms with van der Waals surface area (Å²) in [5, 5.41) is 0. The van der Waals surface area contributed by atoms with Gasteiger partial charge in [0.15, 0.2) is 11.6 Å². The first kappa shape index (κ1) is 20.6. The van der Waals surface area contributed by atoms with Crippen molar-refractivity contribution in [3.63, 3.8) is 0 Å². The molecule has 2 aliphatic heterocycles. The van der Waals surface area contributed by atoms with Crippen LogP contribution in [0.15, 0.2) is 12.1 Å². The lowest BCUT2D eigenvalue weighted by Crippen LogP contribution is -2.42. The second kappa shape index (κ2) is 8.11. The van der Waals surface area contributed by atoms with E-state index < -0.39 is 23.5 Å². The minimum atomic E-state index is -1.27. The highest BCUT2D eigenvalue weighted by molar-refractivity contribution is 5.80. The van der Waals surface area contributed by atoms with Crippen LogP contribution >= 0.6 is 0 Å². The summed E-state index contributed by atoms with van der Waals surface area (Å²) in [5.41, 5.74) is 7.97. The second-order valence-electron chi connectivity index (χ2n) is 8.06. The molecular formula is C20H25F3N3O2. The molecule has 2 aliphatic rings. The zero-order valence-electron chi connectivity index (χ0n) is 16.1. The van der Waals surface area contributed by atoms with E-state index in [0.717, 1.165) is 12.5 Å². The van der Waals surface area contributed by atoms with Gasteiger partial charge in [-0.2, -0.15) is 0 Å². The van der Waals surface area contributed by atoms with E-state index in [1.165, 1.54) is 0 Å². The molecule has 28 heavy (non-hydrogen) atoms. The van der Waals surface area contributed by atoms with Crippen molar-refractivity contribution in [3.8, 4) is 0 Å². The minimum Gasteiger partial charge on any atom is -0.340 e. The molecule has 3 rings (SSSR count). The number of nitrogens with zero attached hydrogens (tertiary/aromatic N) is 2. The standard InChI is InChI=1S/C20H25F3N3O2/c1-11(2)20(28)25-9-12-3-4-26(18(12)10-25)19(27)7-14(24)5-13-6-16(22)17(23)8-15(13)21/h6,8,11-12,14,18,24H,3-5,7,9-10H2,1-2H3/t12-,14+,18+/m0/s1. The van der Waals surface area contributed by atoms with Crippen LogP contribution in [0.1, 0.15) is 32.3 Å². The van der Waals surface area contributed by atoms with Gasteiger partial charge in [-0.15, -0.1) is 0 Å². The van der Waals surface area contributed by atoms with E-state index in [-0.39, 0.29) is 48.1 Å². The molecule has 2 amide bonds. The highest BCUT2D eigenvalue weighted by atomic mass is 19.2. The molecule has 0 bridgehead atoms. The summed E-state index contributed by atoms with van der Waals surface area (Å²) < 4.78 is 40.1. The molecular weight excluding hydrogens is 371 g/mol. The number of carbonyl (C=O) groups excluding carboxylic acids is 2. The quantitative estimate of drug-likeness (QED) is 0.718. The number of hydrogen-bond donors (Lipinski definition) is 0. The third-order valence-corrected chi connectivity index (χ3v) is 5.65. The van der Waals surface area contributed by atoms with E-state index >= 15 is 0 Å². The third kappa shape index (κ3) is 4.16. The molecule has 2 fully saturated rings. The molecule has 1 radical (unpaired) electrons. The average Bonchev–Trinajstić information content (AvgIpc) is 3.19. The van der Waals surface area contributed by atoms with Crippen LogP contribution in [0.3, 0.4) is 0 Å². The number of likely N-dealkylation sites (tertiary alicyclic amines) is 2. The van der Waals surface area contributed by atoms with Gasteiger partial charge in [0, 0.05) is 50.0 Å². The van der Waals surface area contributed by atoms with Crippen LogP contribution < -0.4 is 5.73 Å². The van der Waals surface area contributed by atoms with Gasteiger partial charge in [-0.1, -0.05) is 13.8 Å². The maximum absolute atomic E-state index is 13.8. The molecule has 0 aromatic heterocycles. The summed E-state index contributed by atoms with van der Waals surface area (Å²) in [6.07, 6.45) is 0.521. The number of hydrogen-bond acceptors (Lipinski definition) is 2.